The molecule has 3 aromatic heterocycles. The van der Waals surface area contributed by atoms with E-state index in [1.807, 2.05) is 44.3 Å². The molecule has 4 rings (SSSR count). The Hall–Kier alpha value is -3.20. The van der Waals surface area contributed by atoms with Crippen LogP contribution in [0.3, 0.4) is 0 Å². The third-order valence-electron chi connectivity index (χ3n) is 5.14. The third-order valence-corrected chi connectivity index (χ3v) is 5.14. The summed E-state index contributed by atoms with van der Waals surface area (Å²) in [6.45, 7) is 9.91. The first-order valence-corrected chi connectivity index (χ1v) is 10.0. The number of carbonyl (C=O) groups is 2. The molecule has 3 aromatic rings. The number of hydrogen-bond acceptors (Lipinski definition) is 5. The van der Waals surface area contributed by atoms with E-state index in [9.17, 15) is 9.59 Å². The highest BCUT2D eigenvalue weighted by Crippen LogP contribution is 2.27. The molecule has 0 aliphatic carbocycles. The van der Waals surface area contributed by atoms with Crippen LogP contribution in [0, 0.1) is 6.92 Å². The fourth-order valence-corrected chi connectivity index (χ4v) is 3.61. The Morgan fingerprint density at radius 3 is 2.77 bits per heavy atom. The Bertz CT molecular complexity index is 1120. The fourth-order valence-electron chi connectivity index (χ4n) is 3.61. The summed E-state index contributed by atoms with van der Waals surface area (Å²) in [6, 6.07) is 7.44. The topological polar surface area (TPSA) is 105 Å². The number of nitrogens with one attached hydrogen (secondary N) is 3. The van der Waals surface area contributed by atoms with E-state index in [2.05, 4.69) is 41.7 Å². The lowest BCUT2D eigenvalue weighted by molar-refractivity contribution is -0.125. The maximum Gasteiger partial charge on any atom is 0.275 e. The van der Waals surface area contributed by atoms with Gasteiger partial charge in [-0.05, 0) is 26.0 Å². The van der Waals surface area contributed by atoms with E-state index in [0.717, 1.165) is 5.69 Å². The van der Waals surface area contributed by atoms with E-state index < -0.39 is 6.29 Å². The normalized spacial score (nSPS) is 19.7. The summed E-state index contributed by atoms with van der Waals surface area (Å²) < 4.78 is 3.39. The molecule has 4 heterocycles. The van der Waals surface area contributed by atoms with E-state index in [-0.39, 0.29) is 23.3 Å². The molecule has 2 atom stereocenters. The number of hydrogen-bond donors (Lipinski definition) is 3. The molecule has 0 saturated carbocycles. The zero-order valence-electron chi connectivity index (χ0n) is 17.9. The van der Waals surface area contributed by atoms with Gasteiger partial charge in [0.1, 0.15) is 17.2 Å². The largest absolute Gasteiger partial charge is 0.322 e. The second kappa shape index (κ2) is 7.24. The molecule has 2 amide bonds. The summed E-state index contributed by atoms with van der Waals surface area (Å²) in [5.74, 6) is 0.152. The van der Waals surface area contributed by atoms with Gasteiger partial charge in [0.15, 0.2) is 6.29 Å². The number of aryl methyl sites for hydroxylation is 1. The molecule has 0 aromatic carbocycles. The highest BCUT2D eigenvalue weighted by molar-refractivity contribution is 6.04. The molecule has 1 saturated heterocycles. The third kappa shape index (κ3) is 3.68. The van der Waals surface area contributed by atoms with Gasteiger partial charge in [-0.2, -0.15) is 5.10 Å². The van der Waals surface area contributed by atoms with Crippen molar-refractivity contribution in [2.75, 3.05) is 5.32 Å². The maximum atomic E-state index is 13.2. The number of rotatable bonds is 3. The molecule has 1 fully saturated rings. The molecule has 0 radical (unpaired) electrons. The Kier molecular flexibility index (Phi) is 4.85. The molecule has 30 heavy (non-hydrogen) atoms. The number of aromatic nitrogens is 4. The van der Waals surface area contributed by atoms with Gasteiger partial charge in [-0.1, -0.05) is 26.8 Å². The van der Waals surface area contributed by atoms with E-state index >= 15 is 0 Å². The van der Waals surface area contributed by atoms with Crippen molar-refractivity contribution in [3.8, 4) is 0 Å². The molecule has 2 unspecified atom stereocenters. The lowest BCUT2D eigenvalue weighted by Gasteiger charge is -2.30. The second-order valence-electron chi connectivity index (χ2n) is 8.78. The predicted molar refractivity (Wildman–Crippen MR) is 113 cm³/mol. The highest BCUT2D eigenvalue weighted by atomic mass is 16.2. The van der Waals surface area contributed by atoms with Gasteiger partial charge in [-0.15, -0.1) is 0 Å². The van der Waals surface area contributed by atoms with E-state index in [4.69, 9.17) is 5.10 Å². The van der Waals surface area contributed by atoms with Crippen LogP contribution in [0.5, 0.6) is 0 Å². The van der Waals surface area contributed by atoms with Gasteiger partial charge in [-0.3, -0.25) is 19.3 Å². The van der Waals surface area contributed by atoms with Crippen LogP contribution >= 0.6 is 0 Å². The van der Waals surface area contributed by atoms with Crippen molar-refractivity contribution in [3.05, 3.63) is 47.5 Å². The number of pyridine rings is 1. The molecule has 158 valence electrons. The summed E-state index contributed by atoms with van der Waals surface area (Å²) in [5.41, 5.74) is 2.39. The molecule has 0 bridgehead atoms. The zero-order chi connectivity index (χ0) is 21.6. The highest BCUT2D eigenvalue weighted by Gasteiger charge is 2.30. The standard InChI is InChI=1S/C21H27N7O2/c1-12-10-17(29)25-20(22-12)28-16(11-14(26-28)21(3,4)5)24-19(30)18-13(2)23-15-8-6-7-9-27(15)18/h6-9,11-12,20,22H,10H2,1-5H3,(H,24,30)(H,25,29). The van der Waals surface area contributed by atoms with Crippen LogP contribution in [-0.2, 0) is 10.2 Å². The van der Waals surface area contributed by atoms with E-state index in [0.29, 0.717) is 29.3 Å². The molecule has 1 aliphatic rings. The Balaban J connectivity index is 1.72. The number of carbonyl (C=O) groups excluding carboxylic acids is 2. The van der Waals surface area contributed by atoms with Crippen LogP contribution in [-0.4, -0.2) is 37.0 Å². The number of amides is 2. The second-order valence-corrected chi connectivity index (χ2v) is 8.78. The van der Waals surface area contributed by atoms with Crippen LogP contribution < -0.4 is 16.0 Å². The van der Waals surface area contributed by atoms with Gasteiger partial charge >= 0.3 is 0 Å². The first-order chi connectivity index (χ1) is 14.1. The SMILES string of the molecule is Cc1nc2ccccn2c1C(=O)Nc1cc(C(C)(C)C)nn1C1NC(=O)CC(C)N1. The Morgan fingerprint density at radius 1 is 1.30 bits per heavy atom. The zero-order valence-corrected chi connectivity index (χ0v) is 17.9. The van der Waals surface area contributed by atoms with Gasteiger partial charge in [0.2, 0.25) is 5.91 Å². The first-order valence-electron chi connectivity index (χ1n) is 10.0. The van der Waals surface area contributed by atoms with Crippen LogP contribution in [0.25, 0.3) is 5.65 Å². The Morgan fingerprint density at radius 2 is 2.07 bits per heavy atom. The summed E-state index contributed by atoms with van der Waals surface area (Å²) in [4.78, 5) is 29.8. The summed E-state index contributed by atoms with van der Waals surface area (Å²) in [5, 5.41) is 13.9. The molecule has 3 N–H and O–H groups in total. The van der Waals surface area contributed by atoms with Crippen molar-refractivity contribution in [1.82, 2.24) is 29.8 Å². The minimum Gasteiger partial charge on any atom is -0.322 e. The van der Waals surface area contributed by atoms with Crippen molar-refractivity contribution in [1.29, 1.82) is 0 Å². The van der Waals surface area contributed by atoms with Gasteiger partial charge in [0.25, 0.3) is 5.91 Å². The lowest BCUT2D eigenvalue weighted by Crippen LogP contribution is -2.52. The molecule has 9 heteroatoms. The van der Waals surface area contributed by atoms with Gasteiger partial charge in [0, 0.05) is 30.1 Å². The van der Waals surface area contributed by atoms with Crippen LogP contribution in [0.4, 0.5) is 5.82 Å². The van der Waals surface area contributed by atoms with Crippen molar-refractivity contribution < 1.29 is 9.59 Å². The average molecular weight is 409 g/mol. The van der Waals surface area contributed by atoms with Gasteiger partial charge < -0.3 is 10.6 Å². The van der Waals surface area contributed by atoms with E-state index in [1.165, 1.54) is 0 Å². The molecular formula is C21H27N7O2. The molecule has 9 nitrogen and oxygen atoms in total. The van der Waals surface area contributed by atoms with E-state index in [1.54, 1.807) is 9.08 Å². The lowest BCUT2D eigenvalue weighted by atomic mass is 9.92. The van der Waals surface area contributed by atoms with Crippen LogP contribution in [0.1, 0.15) is 62.3 Å². The monoisotopic (exact) mass is 409 g/mol. The minimum absolute atomic E-state index is 0.00407. The predicted octanol–water partition coefficient (Wildman–Crippen LogP) is 2.34. The number of fused-ring (bicyclic) bond motifs is 1. The summed E-state index contributed by atoms with van der Waals surface area (Å²) in [6.07, 6.45) is 1.66. The van der Waals surface area contributed by atoms with Crippen molar-refractivity contribution in [2.45, 2.75) is 58.8 Å². The maximum absolute atomic E-state index is 13.2. The van der Waals surface area contributed by atoms with Crippen molar-refractivity contribution in [3.63, 3.8) is 0 Å². The number of nitrogens with zero attached hydrogens (tertiary/aromatic N) is 4. The van der Waals surface area contributed by atoms with Gasteiger partial charge in [0.05, 0.1) is 11.4 Å². The van der Waals surface area contributed by atoms with Gasteiger partial charge in [-0.25, -0.2) is 9.67 Å². The minimum atomic E-state index is -0.545. The fraction of sp³-hybridized carbons (Fsp3) is 0.429. The van der Waals surface area contributed by atoms with Crippen molar-refractivity contribution >= 4 is 23.3 Å². The van der Waals surface area contributed by atoms with Crippen LogP contribution in [0.15, 0.2) is 30.5 Å². The summed E-state index contributed by atoms with van der Waals surface area (Å²) in [7, 11) is 0. The smallest absolute Gasteiger partial charge is 0.275 e. The first kappa shape index (κ1) is 20.1. The molecule has 1 aliphatic heterocycles. The number of imidazole rings is 1. The average Bonchev–Trinajstić information content (AvgIpc) is 3.21. The Labute approximate surface area is 174 Å². The molecule has 0 spiro atoms. The quantitative estimate of drug-likeness (QED) is 0.616. The number of anilines is 1. The molecular weight excluding hydrogens is 382 g/mol. The van der Waals surface area contributed by atoms with Crippen LogP contribution in [0.2, 0.25) is 0 Å². The summed E-state index contributed by atoms with van der Waals surface area (Å²) >= 11 is 0. The van der Waals surface area contributed by atoms with Crippen molar-refractivity contribution in [2.24, 2.45) is 0 Å².